The lowest BCUT2D eigenvalue weighted by Gasteiger charge is -2.35. The first-order valence-electron chi connectivity index (χ1n) is 7.88. The molecule has 3 aromatic rings. The summed E-state index contributed by atoms with van der Waals surface area (Å²) in [7, 11) is 0. The lowest BCUT2D eigenvalue weighted by Crippen LogP contribution is -2.38. The molecule has 1 aliphatic rings. The van der Waals surface area contributed by atoms with Gasteiger partial charge in [0, 0.05) is 24.2 Å². The summed E-state index contributed by atoms with van der Waals surface area (Å²) in [6.45, 7) is 2.76. The van der Waals surface area contributed by atoms with Crippen molar-refractivity contribution in [1.29, 1.82) is 0 Å². The summed E-state index contributed by atoms with van der Waals surface area (Å²) >= 11 is 1.56. The maximum absolute atomic E-state index is 12.8. The van der Waals surface area contributed by atoms with Gasteiger partial charge in [0.1, 0.15) is 0 Å². The van der Waals surface area contributed by atoms with Gasteiger partial charge in [-0.3, -0.25) is 4.79 Å². The lowest BCUT2D eigenvalue weighted by molar-refractivity contribution is 0.0607. The molecular weight excluding hydrogens is 308 g/mol. The Morgan fingerprint density at radius 3 is 3.09 bits per heavy atom. The van der Waals surface area contributed by atoms with E-state index in [0.29, 0.717) is 0 Å². The minimum Gasteiger partial charge on any atom is -0.330 e. The molecule has 1 fully saturated rings. The van der Waals surface area contributed by atoms with Crippen LogP contribution in [0.3, 0.4) is 0 Å². The van der Waals surface area contributed by atoms with Crippen molar-refractivity contribution in [2.75, 3.05) is 6.54 Å². The number of amides is 1. The molecule has 118 valence electrons. The fourth-order valence-electron chi connectivity index (χ4n) is 3.23. The standard InChI is InChI=1S/C17H18N4OS/c1-12-10-16-18-14(5-8-21(16)19-12)15-4-2-3-7-20(15)17(22)13-6-9-23-11-13/h5-6,8-11,15H,2-4,7H2,1H3/t15-/m0/s1. The Labute approximate surface area is 138 Å². The largest absolute Gasteiger partial charge is 0.330 e. The van der Waals surface area contributed by atoms with E-state index in [4.69, 9.17) is 4.98 Å². The zero-order chi connectivity index (χ0) is 15.8. The summed E-state index contributed by atoms with van der Waals surface area (Å²) in [4.78, 5) is 19.5. The third-order valence-electron chi connectivity index (χ3n) is 4.34. The van der Waals surface area contributed by atoms with Gasteiger partial charge in [0.2, 0.25) is 0 Å². The van der Waals surface area contributed by atoms with Crippen molar-refractivity contribution in [2.45, 2.75) is 32.2 Å². The van der Waals surface area contributed by atoms with Crippen LogP contribution in [0.4, 0.5) is 0 Å². The first kappa shape index (κ1) is 14.4. The van der Waals surface area contributed by atoms with E-state index in [1.165, 1.54) is 0 Å². The molecule has 1 atom stereocenters. The van der Waals surface area contributed by atoms with Crippen LogP contribution in [0.5, 0.6) is 0 Å². The number of aryl methyl sites for hydroxylation is 1. The smallest absolute Gasteiger partial charge is 0.255 e. The first-order valence-corrected chi connectivity index (χ1v) is 8.83. The van der Waals surface area contributed by atoms with Crippen LogP contribution >= 0.6 is 11.3 Å². The summed E-state index contributed by atoms with van der Waals surface area (Å²) in [5, 5.41) is 8.24. The summed E-state index contributed by atoms with van der Waals surface area (Å²) in [6.07, 6.45) is 5.09. The predicted octanol–water partition coefficient (Wildman–Crippen LogP) is 3.47. The van der Waals surface area contributed by atoms with E-state index in [9.17, 15) is 4.79 Å². The normalized spacial score (nSPS) is 18.5. The first-order chi connectivity index (χ1) is 11.2. The number of carbonyl (C=O) groups excluding carboxylic acids is 1. The maximum Gasteiger partial charge on any atom is 0.255 e. The average Bonchev–Trinajstić information content (AvgIpc) is 3.22. The molecule has 4 heterocycles. The third-order valence-corrected chi connectivity index (χ3v) is 5.02. The van der Waals surface area contributed by atoms with Gasteiger partial charge in [0.25, 0.3) is 5.91 Å². The number of hydrogen-bond acceptors (Lipinski definition) is 4. The molecule has 0 N–H and O–H groups in total. The number of rotatable bonds is 2. The van der Waals surface area contributed by atoms with Gasteiger partial charge in [-0.25, -0.2) is 9.50 Å². The Balaban J connectivity index is 1.69. The molecular formula is C17H18N4OS. The minimum atomic E-state index is 0.0522. The maximum atomic E-state index is 12.8. The van der Waals surface area contributed by atoms with Crippen molar-refractivity contribution >= 4 is 22.9 Å². The van der Waals surface area contributed by atoms with Crippen LogP contribution in [-0.4, -0.2) is 31.9 Å². The molecule has 0 aromatic carbocycles. The van der Waals surface area contributed by atoms with Gasteiger partial charge < -0.3 is 4.90 Å². The van der Waals surface area contributed by atoms with Crippen molar-refractivity contribution in [1.82, 2.24) is 19.5 Å². The number of nitrogens with zero attached hydrogens (tertiary/aromatic N) is 4. The molecule has 0 bridgehead atoms. The Kier molecular flexibility index (Phi) is 3.61. The second-order valence-corrected chi connectivity index (χ2v) is 6.74. The van der Waals surface area contributed by atoms with Crippen molar-refractivity contribution in [3.63, 3.8) is 0 Å². The molecule has 3 aromatic heterocycles. The highest BCUT2D eigenvalue weighted by Gasteiger charge is 2.30. The topological polar surface area (TPSA) is 50.5 Å². The molecule has 23 heavy (non-hydrogen) atoms. The van der Waals surface area contributed by atoms with Crippen molar-refractivity contribution in [2.24, 2.45) is 0 Å². The molecule has 1 aliphatic heterocycles. The van der Waals surface area contributed by atoms with E-state index in [1.54, 1.807) is 15.9 Å². The minimum absolute atomic E-state index is 0.0522. The van der Waals surface area contributed by atoms with E-state index < -0.39 is 0 Å². The summed E-state index contributed by atoms with van der Waals surface area (Å²) in [5.41, 5.74) is 3.53. The molecule has 0 unspecified atom stereocenters. The van der Waals surface area contributed by atoms with E-state index in [1.807, 2.05) is 47.0 Å². The van der Waals surface area contributed by atoms with Gasteiger partial charge in [-0.1, -0.05) is 0 Å². The van der Waals surface area contributed by atoms with E-state index in [0.717, 1.165) is 48.4 Å². The number of piperidine rings is 1. The number of thiophene rings is 1. The molecule has 4 rings (SSSR count). The highest BCUT2D eigenvalue weighted by molar-refractivity contribution is 7.08. The molecule has 0 spiro atoms. The number of carbonyl (C=O) groups is 1. The Morgan fingerprint density at radius 1 is 1.35 bits per heavy atom. The fraction of sp³-hybridized carbons (Fsp3) is 0.353. The Morgan fingerprint density at radius 2 is 2.26 bits per heavy atom. The second kappa shape index (κ2) is 5.77. The van der Waals surface area contributed by atoms with Crippen molar-refractivity contribution in [3.8, 4) is 0 Å². The molecule has 0 aliphatic carbocycles. The SMILES string of the molecule is Cc1cc2nc([C@@H]3CCCCN3C(=O)c3ccsc3)ccn2n1. The van der Waals surface area contributed by atoms with E-state index >= 15 is 0 Å². The number of fused-ring (bicyclic) bond motifs is 1. The monoisotopic (exact) mass is 326 g/mol. The molecule has 6 heteroatoms. The van der Waals surface area contributed by atoms with Crippen LogP contribution in [0.15, 0.2) is 35.2 Å². The predicted molar refractivity (Wildman–Crippen MR) is 89.7 cm³/mol. The highest BCUT2D eigenvalue weighted by atomic mass is 32.1. The quantitative estimate of drug-likeness (QED) is 0.724. The van der Waals surface area contributed by atoms with Crippen LogP contribution in [0, 0.1) is 6.92 Å². The van der Waals surface area contributed by atoms with Gasteiger partial charge in [-0.15, -0.1) is 0 Å². The van der Waals surface area contributed by atoms with Gasteiger partial charge in [0.15, 0.2) is 5.65 Å². The summed E-state index contributed by atoms with van der Waals surface area (Å²) in [5.74, 6) is 0.113. The number of likely N-dealkylation sites (tertiary alicyclic amines) is 1. The zero-order valence-corrected chi connectivity index (χ0v) is 13.8. The van der Waals surface area contributed by atoms with Gasteiger partial charge in [-0.05, 0) is 43.7 Å². The molecule has 5 nitrogen and oxygen atoms in total. The van der Waals surface area contributed by atoms with Gasteiger partial charge in [-0.2, -0.15) is 16.4 Å². The van der Waals surface area contributed by atoms with Crippen LogP contribution in [0.25, 0.3) is 5.65 Å². The lowest BCUT2D eigenvalue weighted by atomic mass is 9.98. The van der Waals surface area contributed by atoms with Crippen molar-refractivity contribution < 1.29 is 4.79 Å². The zero-order valence-electron chi connectivity index (χ0n) is 13.0. The molecule has 1 saturated heterocycles. The number of aromatic nitrogens is 3. The van der Waals surface area contributed by atoms with Crippen LogP contribution in [0.1, 0.15) is 47.1 Å². The Bertz CT molecular complexity index is 840. The Hall–Kier alpha value is -2.21. The summed E-state index contributed by atoms with van der Waals surface area (Å²) < 4.78 is 1.78. The molecule has 0 radical (unpaired) electrons. The molecule has 0 saturated carbocycles. The van der Waals surface area contributed by atoms with Gasteiger partial charge in [0.05, 0.1) is 23.0 Å². The third kappa shape index (κ3) is 2.63. The van der Waals surface area contributed by atoms with Crippen molar-refractivity contribution in [3.05, 3.63) is 52.1 Å². The van der Waals surface area contributed by atoms with E-state index in [-0.39, 0.29) is 11.9 Å². The number of hydrogen-bond donors (Lipinski definition) is 0. The average molecular weight is 326 g/mol. The van der Waals surface area contributed by atoms with E-state index in [2.05, 4.69) is 5.10 Å². The highest BCUT2D eigenvalue weighted by Crippen LogP contribution is 2.31. The fourth-order valence-corrected chi connectivity index (χ4v) is 3.86. The summed E-state index contributed by atoms with van der Waals surface area (Å²) in [6, 6.07) is 5.91. The second-order valence-electron chi connectivity index (χ2n) is 5.96. The molecule has 1 amide bonds. The van der Waals surface area contributed by atoms with Crippen LogP contribution < -0.4 is 0 Å². The van der Waals surface area contributed by atoms with Crippen LogP contribution in [0.2, 0.25) is 0 Å². The van der Waals surface area contributed by atoms with Crippen LogP contribution in [-0.2, 0) is 0 Å². The van der Waals surface area contributed by atoms with Gasteiger partial charge >= 0.3 is 0 Å².